The Morgan fingerprint density at radius 1 is 1.50 bits per heavy atom. The zero-order valence-electron chi connectivity index (χ0n) is 11.8. The van der Waals surface area contributed by atoms with E-state index in [9.17, 15) is 14.9 Å². The van der Waals surface area contributed by atoms with Gasteiger partial charge in [-0.05, 0) is 26.8 Å². The van der Waals surface area contributed by atoms with Crippen LogP contribution in [-0.4, -0.2) is 29.1 Å². The van der Waals surface area contributed by atoms with E-state index in [1.54, 1.807) is 6.92 Å². The quantitative estimate of drug-likeness (QED) is 0.491. The second-order valence-corrected chi connectivity index (χ2v) is 4.67. The number of nitro benzene ring substituents is 1. The molecule has 1 N–H and O–H groups in total. The molecule has 0 atom stereocenters. The number of rotatable bonds is 6. The Morgan fingerprint density at radius 2 is 2.10 bits per heavy atom. The molecule has 0 aliphatic carbocycles. The Balaban J connectivity index is 3.46. The molecule has 6 heteroatoms. The third-order valence-electron chi connectivity index (χ3n) is 2.98. The minimum absolute atomic E-state index is 0.0857. The van der Waals surface area contributed by atoms with Gasteiger partial charge in [0.15, 0.2) is 0 Å². The lowest BCUT2D eigenvalue weighted by Gasteiger charge is -2.25. The number of anilines is 1. The highest BCUT2D eigenvalue weighted by atomic mass is 16.6. The molecule has 0 saturated heterocycles. The SMILES string of the molecule is C=C(C)CN(CC)c1cc(C(=O)O)cc([N+](=O)[O-])c1C. The van der Waals surface area contributed by atoms with Crippen molar-refractivity contribution in [3.8, 4) is 0 Å². The second kappa shape index (κ2) is 6.18. The fourth-order valence-electron chi connectivity index (χ4n) is 2.02. The van der Waals surface area contributed by atoms with E-state index in [-0.39, 0.29) is 11.3 Å². The number of carboxylic acids is 1. The highest BCUT2D eigenvalue weighted by Crippen LogP contribution is 2.31. The van der Waals surface area contributed by atoms with Gasteiger partial charge in [0.05, 0.1) is 16.1 Å². The molecule has 0 aliphatic heterocycles. The number of carboxylic acid groups (broad SMARTS) is 1. The van der Waals surface area contributed by atoms with Gasteiger partial charge in [0.1, 0.15) is 0 Å². The molecule has 0 unspecified atom stereocenters. The van der Waals surface area contributed by atoms with Gasteiger partial charge in [0.25, 0.3) is 5.69 Å². The maximum atomic E-state index is 11.1. The fraction of sp³-hybridized carbons (Fsp3) is 0.357. The number of hydrogen-bond donors (Lipinski definition) is 1. The van der Waals surface area contributed by atoms with Crippen molar-refractivity contribution in [3.63, 3.8) is 0 Å². The van der Waals surface area contributed by atoms with Crippen molar-refractivity contribution in [1.29, 1.82) is 0 Å². The third kappa shape index (κ3) is 3.34. The van der Waals surface area contributed by atoms with E-state index in [0.717, 1.165) is 11.6 Å². The number of aromatic carboxylic acids is 1. The van der Waals surface area contributed by atoms with Gasteiger partial charge in [-0.1, -0.05) is 12.2 Å². The molecule has 0 fully saturated rings. The minimum Gasteiger partial charge on any atom is -0.478 e. The Labute approximate surface area is 117 Å². The highest BCUT2D eigenvalue weighted by molar-refractivity contribution is 5.90. The molecule has 6 nitrogen and oxygen atoms in total. The molecule has 0 aromatic heterocycles. The van der Waals surface area contributed by atoms with E-state index in [0.29, 0.717) is 24.3 Å². The van der Waals surface area contributed by atoms with E-state index in [1.165, 1.54) is 6.07 Å². The largest absolute Gasteiger partial charge is 0.478 e. The van der Waals surface area contributed by atoms with E-state index in [1.807, 2.05) is 18.7 Å². The van der Waals surface area contributed by atoms with Crippen LogP contribution in [0.4, 0.5) is 11.4 Å². The average Bonchev–Trinajstić information content (AvgIpc) is 2.35. The molecule has 0 bridgehead atoms. The highest BCUT2D eigenvalue weighted by Gasteiger charge is 2.21. The first kappa shape index (κ1) is 15.7. The Morgan fingerprint density at radius 3 is 2.50 bits per heavy atom. The molecule has 0 saturated carbocycles. The molecule has 1 aromatic rings. The molecular weight excluding hydrogens is 260 g/mol. The molecular formula is C14H18N2O4. The predicted octanol–water partition coefficient (Wildman–Crippen LogP) is 3.00. The van der Waals surface area contributed by atoms with Crippen LogP contribution in [0.5, 0.6) is 0 Å². The molecule has 0 heterocycles. The molecule has 0 aliphatic rings. The summed E-state index contributed by atoms with van der Waals surface area (Å²) in [4.78, 5) is 23.5. The maximum Gasteiger partial charge on any atom is 0.336 e. The fourth-order valence-corrected chi connectivity index (χ4v) is 2.02. The van der Waals surface area contributed by atoms with Gasteiger partial charge in [-0.3, -0.25) is 10.1 Å². The van der Waals surface area contributed by atoms with Crippen LogP contribution in [0.1, 0.15) is 29.8 Å². The topological polar surface area (TPSA) is 83.7 Å². The predicted molar refractivity (Wildman–Crippen MR) is 77.5 cm³/mol. The maximum absolute atomic E-state index is 11.1. The monoisotopic (exact) mass is 278 g/mol. The van der Waals surface area contributed by atoms with Crippen LogP contribution < -0.4 is 4.90 Å². The first-order valence-electron chi connectivity index (χ1n) is 6.19. The van der Waals surface area contributed by atoms with E-state index < -0.39 is 10.9 Å². The standard InChI is InChI=1S/C14H18N2O4/c1-5-15(8-9(2)3)12-6-11(14(17)18)7-13(10(12)4)16(19)20/h6-7H,2,5,8H2,1,3-4H3,(H,17,18). The van der Waals surface area contributed by atoms with Gasteiger partial charge >= 0.3 is 5.97 Å². The van der Waals surface area contributed by atoms with Crippen molar-refractivity contribution >= 4 is 17.3 Å². The Hall–Kier alpha value is -2.37. The van der Waals surface area contributed by atoms with Crippen LogP contribution >= 0.6 is 0 Å². The third-order valence-corrected chi connectivity index (χ3v) is 2.98. The Kier molecular flexibility index (Phi) is 4.85. The van der Waals surface area contributed by atoms with Gasteiger partial charge < -0.3 is 10.0 Å². The van der Waals surface area contributed by atoms with Crippen molar-refractivity contribution in [3.05, 3.63) is 45.5 Å². The summed E-state index contributed by atoms with van der Waals surface area (Å²) in [6.45, 7) is 10.3. The lowest BCUT2D eigenvalue weighted by molar-refractivity contribution is -0.385. The zero-order chi connectivity index (χ0) is 15.4. The summed E-state index contributed by atoms with van der Waals surface area (Å²) in [5.41, 5.74) is 1.65. The molecule has 0 spiro atoms. The minimum atomic E-state index is -1.18. The van der Waals surface area contributed by atoms with Gasteiger partial charge in [-0.15, -0.1) is 0 Å². The van der Waals surface area contributed by atoms with Crippen molar-refractivity contribution < 1.29 is 14.8 Å². The number of benzene rings is 1. The normalized spacial score (nSPS) is 10.2. The van der Waals surface area contributed by atoms with Crippen LogP contribution in [0.25, 0.3) is 0 Å². The molecule has 0 radical (unpaired) electrons. The van der Waals surface area contributed by atoms with E-state index in [2.05, 4.69) is 6.58 Å². The van der Waals surface area contributed by atoms with Crippen LogP contribution in [0.15, 0.2) is 24.3 Å². The van der Waals surface area contributed by atoms with E-state index in [4.69, 9.17) is 5.11 Å². The van der Waals surface area contributed by atoms with Gasteiger partial charge in [-0.25, -0.2) is 4.79 Å². The number of carbonyl (C=O) groups is 1. The molecule has 20 heavy (non-hydrogen) atoms. The number of nitrogens with zero attached hydrogens (tertiary/aromatic N) is 2. The van der Waals surface area contributed by atoms with Crippen LogP contribution in [0.2, 0.25) is 0 Å². The van der Waals surface area contributed by atoms with Gasteiger partial charge in [0.2, 0.25) is 0 Å². The summed E-state index contributed by atoms with van der Waals surface area (Å²) in [7, 11) is 0. The number of hydrogen-bond acceptors (Lipinski definition) is 4. The summed E-state index contributed by atoms with van der Waals surface area (Å²) in [5.74, 6) is -1.18. The van der Waals surface area contributed by atoms with Crippen molar-refractivity contribution in [2.75, 3.05) is 18.0 Å². The number of nitro groups is 1. The van der Waals surface area contributed by atoms with Gasteiger partial charge in [-0.2, -0.15) is 0 Å². The Bertz CT molecular complexity index is 567. The molecule has 1 aromatic carbocycles. The van der Waals surface area contributed by atoms with Crippen LogP contribution in [-0.2, 0) is 0 Å². The smallest absolute Gasteiger partial charge is 0.336 e. The second-order valence-electron chi connectivity index (χ2n) is 4.67. The first-order chi connectivity index (χ1) is 9.27. The zero-order valence-corrected chi connectivity index (χ0v) is 11.8. The van der Waals surface area contributed by atoms with Crippen molar-refractivity contribution in [2.24, 2.45) is 0 Å². The molecule has 1 rings (SSSR count). The van der Waals surface area contributed by atoms with Crippen molar-refractivity contribution in [1.82, 2.24) is 0 Å². The summed E-state index contributed by atoms with van der Waals surface area (Å²) in [5, 5.41) is 20.1. The van der Waals surface area contributed by atoms with E-state index >= 15 is 0 Å². The van der Waals surface area contributed by atoms with Crippen molar-refractivity contribution in [2.45, 2.75) is 20.8 Å². The number of likely N-dealkylation sites (N-methyl/N-ethyl adjacent to an activating group) is 1. The average molecular weight is 278 g/mol. The summed E-state index contributed by atoms with van der Waals surface area (Å²) in [6, 6.07) is 2.56. The molecule has 0 amide bonds. The summed E-state index contributed by atoms with van der Waals surface area (Å²) < 4.78 is 0. The first-order valence-corrected chi connectivity index (χ1v) is 6.19. The summed E-state index contributed by atoms with van der Waals surface area (Å²) in [6.07, 6.45) is 0. The van der Waals surface area contributed by atoms with Gasteiger partial charge in [0, 0.05) is 24.8 Å². The van der Waals surface area contributed by atoms with Crippen LogP contribution in [0.3, 0.4) is 0 Å². The lowest BCUT2D eigenvalue weighted by atomic mass is 10.1. The molecule has 108 valence electrons. The van der Waals surface area contributed by atoms with Crippen LogP contribution in [0, 0.1) is 17.0 Å². The lowest BCUT2D eigenvalue weighted by Crippen LogP contribution is -2.25. The summed E-state index contributed by atoms with van der Waals surface area (Å²) >= 11 is 0.